The highest BCUT2D eigenvalue weighted by molar-refractivity contribution is 5.81. The largest absolute Gasteiger partial charge is 0.366 e. The zero-order valence-electron chi connectivity index (χ0n) is 19.6. The van der Waals surface area contributed by atoms with Gasteiger partial charge in [-0.15, -0.1) is 0 Å². The lowest BCUT2D eigenvalue weighted by atomic mass is 9.73. The fourth-order valence-electron chi connectivity index (χ4n) is 5.30. The molecule has 8 nitrogen and oxygen atoms in total. The second-order valence-electron chi connectivity index (χ2n) is 8.73. The molecule has 2 unspecified atom stereocenters. The van der Waals surface area contributed by atoms with E-state index in [4.69, 9.17) is 9.47 Å². The number of nitro groups is 1. The van der Waals surface area contributed by atoms with Gasteiger partial charge in [0.05, 0.1) is 11.0 Å². The van der Waals surface area contributed by atoms with E-state index in [9.17, 15) is 14.9 Å². The lowest BCUT2D eigenvalue weighted by molar-refractivity contribution is -0.454. The first-order valence-electron chi connectivity index (χ1n) is 11.6. The second-order valence-corrected chi connectivity index (χ2v) is 8.73. The fraction of sp³-hybridized carbons (Fsp3) is 0.423. The molecule has 0 saturated heterocycles. The van der Waals surface area contributed by atoms with Crippen molar-refractivity contribution < 1.29 is 19.2 Å². The molecule has 4 rings (SSSR count). The minimum atomic E-state index is -1.27. The van der Waals surface area contributed by atoms with Crippen molar-refractivity contribution in [1.29, 1.82) is 0 Å². The van der Waals surface area contributed by atoms with E-state index in [-0.39, 0.29) is 29.2 Å². The van der Waals surface area contributed by atoms with E-state index in [1.54, 1.807) is 0 Å². The lowest BCUT2D eigenvalue weighted by Gasteiger charge is -2.53. The summed E-state index contributed by atoms with van der Waals surface area (Å²) >= 11 is 0. The van der Waals surface area contributed by atoms with Crippen molar-refractivity contribution in [2.45, 2.75) is 37.5 Å². The molecule has 1 aliphatic carbocycles. The summed E-state index contributed by atoms with van der Waals surface area (Å²) < 4.78 is 11.7. The summed E-state index contributed by atoms with van der Waals surface area (Å²) in [6, 6.07) is 19.5. The van der Waals surface area contributed by atoms with Crippen LogP contribution in [-0.4, -0.2) is 54.7 Å². The number of Topliss-reactive ketones (excluding diaryl/α,β-unsaturated/α-hetero) is 1. The number of ketones is 1. The normalized spacial score (nSPS) is 21.5. The van der Waals surface area contributed by atoms with Crippen molar-refractivity contribution in [2.75, 3.05) is 27.3 Å². The number of nitrogens with one attached hydrogen (secondary N) is 1. The van der Waals surface area contributed by atoms with Crippen LogP contribution in [0.4, 0.5) is 0 Å². The molecule has 2 aromatic rings. The quantitative estimate of drug-likeness (QED) is 0.327. The molecule has 1 aliphatic heterocycles. The summed E-state index contributed by atoms with van der Waals surface area (Å²) in [5.41, 5.74) is 2.20. The maximum atomic E-state index is 12.7. The van der Waals surface area contributed by atoms with Crippen LogP contribution in [0.3, 0.4) is 0 Å². The third kappa shape index (κ3) is 4.56. The Kier molecular flexibility index (Phi) is 7.29. The third-order valence-corrected chi connectivity index (χ3v) is 6.91. The molecule has 2 aliphatic rings. The average molecular weight is 466 g/mol. The van der Waals surface area contributed by atoms with Crippen LogP contribution < -0.4 is 5.32 Å². The standard InChI is InChI=1S/C26H31N3O5/c1-33-26(34-2)22-17-21(30)18-23(26)28(16-14-20-11-7-4-8-12-20)25(24(22)29(31)32)27-15-13-19-9-5-3-6-10-19/h3-12,22-23,27H,13-18H2,1-2H3. The van der Waals surface area contributed by atoms with Crippen molar-refractivity contribution in [1.82, 2.24) is 10.2 Å². The van der Waals surface area contributed by atoms with Crippen LogP contribution in [0.15, 0.2) is 72.2 Å². The first-order chi connectivity index (χ1) is 16.5. The minimum Gasteiger partial charge on any atom is -0.366 e. The first kappa shape index (κ1) is 23.9. The third-order valence-electron chi connectivity index (χ3n) is 6.91. The van der Waals surface area contributed by atoms with Gasteiger partial charge in [-0.05, 0) is 24.0 Å². The van der Waals surface area contributed by atoms with E-state index < -0.39 is 17.7 Å². The highest BCUT2D eigenvalue weighted by Crippen LogP contribution is 2.48. The van der Waals surface area contributed by atoms with Gasteiger partial charge in [0.1, 0.15) is 11.7 Å². The maximum absolute atomic E-state index is 12.7. The van der Waals surface area contributed by atoms with E-state index in [0.29, 0.717) is 25.3 Å². The molecule has 1 fully saturated rings. The van der Waals surface area contributed by atoms with Crippen LogP contribution >= 0.6 is 0 Å². The van der Waals surface area contributed by atoms with Crippen LogP contribution in [-0.2, 0) is 27.1 Å². The molecule has 8 heteroatoms. The van der Waals surface area contributed by atoms with Crippen molar-refractivity contribution >= 4 is 5.78 Å². The Morgan fingerprint density at radius 3 is 2.15 bits per heavy atom. The highest BCUT2D eigenvalue weighted by Gasteiger charge is 2.63. The van der Waals surface area contributed by atoms with Gasteiger partial charge in [0, 0.05) is 40.2 Å². The van der Waals surface area contributed by atoms with Gasteiger partial charge in [-0.2, -0.15) is 0 Å². The molecule has 0 radical (unpaired) electrons. The summed E-state index contributed by atoms with van der Waals surface area (Å²) in [4.78, 5) is 26.6. The van der Waals surface area contributed by atoms with Crippen LogP contribution in [0, 0.1) is 16.0 Å². The Morgan fingerprint density at radius 1 is 1.00 bits per heavy atom. The highest BCUT2D eigenvalue weighted by atomic mass is 16.7. The molecule has 180 valence electrons. The smallest absolute Gasteiger partial charge is 0.294 e. The van der Waals surface area contributed by atoms with E-state index in [2.05, 4.69) is 5.32 Å². The van der Waals surface area contributed by atoms with Crippen LogP contribution in [0.25, 0.3) is 0 Å². The molecule has 34 heavy (non-hydrogen) atoms. The molecule has 1 saturated carbocycles. The summed E-state index contributed by atoms with van der Waals surface area (Å²) in [5, 5.41) is 15.8. The van der Waals surface area contributed by atoms with Gasteiger partial charge in [-0.3, -0.25) is 14.9 Å². The SMILES string of the molecule is COC1(OC)C2CC(=O)CC1N(CCc1ccccc1)C(NCCc1ccccc1)=C2[N+](=O)[O-]. The number of benzene rings is 2. The molecular formula is C26H31N3O5. The summed E-state index contributed by atoms with van der Waals surface area (Å²) in [5.74, 6) is -1.62. The predicted molar refractivity (Wildman–Crippen MR) is 127 cm³/mol. The molecule has 0 aromatic heterocycles. The summed E-state index contributed by atoms with van der Waals surface area (Å²) in [6.07, 6.45) is 1.61. The van der Waals surface area contributed by atoms with Crippen molar-refractivity contribution in [3.63, 3.8) is 0 Å². The second kappa shape index (κ2) is 10.4. The molecular weight excluding hydrogens is 434 g/mol. The van der Waals surface area contributed by atoms with E-state index in [0.717, 1.165) is 17.5 Å². The Labute approximate surface area is 199 Å². The number of carbonyl (C=O) groups excluding carboxylic acids is 1. The lowest BCUT2D eigenvalue weighted by Crippen LogP contribution is -2.68. The number of ether oxygens (including phenoxy) is 2. The maximum Gasteiger partial charge on any atom is 0.294 e. The molecule has 0 spiro atoms. The number of methoxy groups -OCH3 is 2. The minimum absolute atomic E-state index is 0.0187. The van der Waals surface area contributed by atoms with E-state index in [1.165, 1.54) is 14.2 Å². The zero-order chi connectivity index (χ0) is 24.1. The number of hydrogen-bond acceptors (Lipinski definition) is 7. The number of carbonyl (C=O) groups is 1. The summed E-state index contributed by atoms with van der Waals surface area (Å²) in [6.45, 7) is 1.01. The molecule has 2 bridgehead atoms. The Morgan fingerprint density at radius 2 is 1.59 bits per heavy atom. The number of hydrogen-bond donors (Lipinski definition) is 1. The monoisotopic (exact) mass is 465 g/mol. The molecule has 1 N–H and O–H groups in total. The zero-order valence-corrected chi connectivity index (χ0v) is 19.6. The first-order valence-corrected chi connectivity index (χ1v) is 11.6. The molecule has 2 aromatic carbocycles. The Hall–Kier alpha value is -3.23. The van der Waals surface area contributed by atoms with Crippen LogP contribution in [0.1, 0.15) is 24.0 Å². The van der Waals surface area contributed by atoms with Crippen molar-refractivity contribution in [3.05, 3.63) is 93.4 Å². The van der Waals surface area contributed by atoms with Crippen LogP contribution in [0.5, 0.6) is 0 Å². The average Bonchev–Trinajstić information content (AvgIpc) is 2.85. The van der Waals surface area contributed by atoms with E-state index >= 15 is 0 Å². The Bertz CT molecular complexity index is 1040. The van der Waals surface area contributed by atoms with Crippen LogP contribution in [0.2, 0.25) is 0 Å². The van der Waals surface area contributed by atoms with Gasteiger partial charge in [-0.25, -0.2) is 0 Å². The van der Waals surface area contributed by atoms with Gasteiger partial charge >= 0.3 is 0 Å². The van der Waals surface area contributed by atoms with E-state index in [1.807, 2.05) is 65.6 Å². The predicted octanol–water partition coefficient (Wildman–Crippen LogP) is 3.16. The molecule has 1 heterocycles. The fourth-order valence-corrected chi connectivity index (χ4v) is 5.30. The molecule has 2 atom stereocenters. The number of nitrogens with zero attached hydrogens (tertiary/aromatic N) is 2. The van der Waals surface area contributed by atoms with Gasteiger partial charge in [0.15, 0.2) is 5.82 Å². The van der Waals surface area contributed by atoms with Crippen molar-refractivity contribution in [2.24, 2.45) is 5.92 Å². The summed E-state index contributed by atoms with van der Waals surface area (Å²) in [7, 11) is 3.00. The van der Waals surface area contributed by atoms with Crippen molar-refractivity contribution in [3.8, 4) is 0 Å². The number of fused-ring (bicyclic) bond motifs is 2. The topological polar surface area (TPSA) is 93.9 Å². The van der Waals surface area contributed by atoms with Gasteiger partial charge < -0.3 is 19.7 Å². The Balaban J connectivity index is 1.71. The van der Waals surface area contributed by atoms with Gasteiger partial charge in [0.2, 0.25) is 5.79 Å². The molecule has 0 amide bonds. The van der Waals surface area contributed by atoms with Gasteiger partial charge in [-0.1, -0.05) is 60.7 Å². The van der Waals surface area contributed by atoms with Gasteiger partial charge in [0.25, 0.3) is 5.70 Å². The number of rotatable bonds is 10.